The maximum absolute atomic E-state index is 13.1. The van der Waals surface area contributed by atoms with Crippen molar-refractivity contribution >= 4 is 0 Å². The zero-order chi connectivity index (χ0) is 9.84. The fourth-order valence-electron chi connectivity index (χ4n) is 1.12. The van der Waals surface area contributed by atoms with Gasteiger partial charge in [0.05, 0.1) is 13.2 Å². The first kappa shape index (κ1) is 9.99. The van der Waals surface area contributed by atoms with E-state index in [4.69, 9.17) is 4.74 Å². The molecule has 1 unspecified atom stereocenters. The molecule has 0 heterocycles. The smallest absolute Gasteiger partial charge is 0.129 e. The van der Waals surface area contributed by atoms with E-state index in [2.05, 4.69) is 0 Å². The van der Waals surface area contributed by atoms with Crippen LogP contribution in [0, 0.1) is 5.82 Å². The fraction of sp³-hybridized carbons (Fsp3) is 0.400. The molecule has 1 atom stereocenters. The lowest BCUT2D eigenvalue weighted by atomic mass is 10.1. The third kappa shape index (κ3) is 2.18. The van der Waals surface area contributed by atoms with E-state index >= 15 is 0 Å². The van der Waals surface area contributed by atoms with Crippen LogP contribution in [0.1, 0.15) is 25.0 Å². The third-order valence-corrected chi connectivity index (χ3v) is 1.95. The molecule has 0 saturated heterocycles. The summed E-state index contributed by atoms with van der Waals surface area (Å²) in [6, 6.07) is 4.35. The second-order valence-electron chi connectivity index (χ2n) is 2.81. The molecule has 0 aliphatic carbocycles. The summed E-state index contributed by atoms with van der Waals surface area (Å²) in [4.78, 5) is 0. The molecule has 13 heavy (non-hydrogen) atoms. The van der Waals surface area contributed by atoms with E-state index in [1.165, 1.54) is 25.3 Å². The summed E-state index contributed by atoms with van der Waals surface area (Å²) in [6.45, 7) is 1.80. The molecule has 72 valence electrons. The van der Waals surface area contributed by atoms with Gasteiger partial charge in [-0.2, -0.15) is 0 Å². The second-order valence-corrected chi connectivity index (χ2v) is 2.81. The number of benzene rings is 1. The van der Waals surface area contributed by atoms with Crippen LogP contribution < -0.4 is 4.74 Å². The normalized spacial score (nSPS) is 12.6. The van der Waals surface area contributed by atoms with Gasteiger partial charge in [-0.15, -0.1) is 0 Å². The van der Waals surface area contributed by atoms with E-state index in [-0.39, 0.29) is 0 Å². The van der Waals surface area contributed by atoms with Gasteiger partial charge in [0.2, 0.25) is 0 Å². The number of aliphatic hydroxyl groups excluding tert-OH is 1. The predicted molar refractivity (Wildman–Crippen MR) is 48.2 cm³/mol. The Hall–Kier alpha value is -1.09. The number of halogens is 1. The Morgan fingerprint density at radius 1 is 1.54 bits per heavy atom. The van der Waals surface area contributed by atoms with Crippen LogP contribution >= 0.6 is 0 Å². The van der Waals surface area contributed by atoms with Crippen molar-refractivity contribution in [3.8, 4) is 5.75 Å². The molecule has 0 saturated carbocycles. The van der Waals surface area contributed by atoms with Crippen molar-refractivity contribution in [1.29, 1.82) is 0 Å². The Bertz CT molecular complexity index is 286. The van der Waals surface area contributed by atoms with E-state index in [0.717, 1.165) is 0 Å². The summed E-state index contributed by atoms with van der Waals surface area (Å²) in [6.07, 6.45) is -0.264. The topological polar surface area (TPSA) is 29.5 Å². The number of ether oxygens (including phenoxy) is 1. The van der Waals surface area contributed by atoms with Crippen LogP contribution in [0.2, 0.25) is 0 Å². The van der Waals surface area contributed by atoms with Gasteiger partial charge in [0.1, 0.15) is 11.6 Å². The molecule has 2 nitrogen and oxygen atoms in total. The van der Waals surface area contributed by atoms with Crippen LogP contribution in [0.25, 0.3) is 0 Å². The van der Waals surface area contributed by atoms with Crippen molar-refractivity contribution in [1.82, 2.24) is 0 Å². The number of aliphatic hydroxyl groups is 1. The van der Waals surface area contributed by atoms with E-state index in [9.17, 15) is 9.50 Å². The first-order chi connectivity index (χ1) is 6.19. The van der Waals surface area contributed by atoms with Gasteiger partial charge in [0.15, 0.2) is 0 Å². The Labute approximate surface area is 77.0 Å². The van der Waals surface area contributed by atoms with Gasteiger partial charge in [-0.05, 0) is 24.6 Å². The average Bonchev–Trinajstić information content (AvgIpc) is 2.17. The number of methoxy groups -OCH3 is 1. The second kappa shape index (κ2) is 4.23. The molecular formula is C10H13FO2. The highest BCUT2D eigenvalue weighted by atomic mass is 19.1. The molecular weight excluding hydrogens is 171 g/mol. The molecule has 0 aliphatic heterocycles. The monoisotopic (exact) mass is 184 g/mol. The quantitative estimate of drug-likeness (QED) is 0.780. The van der Waals surface area contributed by atoms with Gasteiger partial charge in [0, 0.05) is 5.56 Å². The predicted octanol–water partition coefficient (Wildman–Crippen LogP) is 2.28. The lowest BCUT2D eigenvalue weighted by molar-refractivity contribution is 0.168. The van der Waals surface area contributed by atoms with Crippen molar-refractivity contribution in [2.45, 2.75) is 19.4 Å². The third-order valence-electron chi connectivity index (χ3n) is 1.95. The summed E-state index contributed by atoms with van der Waals surface area (Å²) in [7, 11) is 1.51. The average molecular weight is 184 g/mol. The number of hydrogen-bond acceptors (Lipinski definition) is 2. The van der Waals surface area contributed by atoms with Crippen molar-refractivity contribution in [3.63, 3.8) is 0 Å². The lowest BCUT2D eigenvalue weighted by Crippen LogP contribution is -1.99. The molecule has 1 rings (SSSR count). The van der Waals surface area contributed by atoms with Gasteiger partial charge in [-0.25, -0.2) is 4.39 Å². The van der Waals surface area contributed by atoms with Gasteiger partial charge < -0.3 is 9.84 Å². The van der Waals surface area contributed by atoms with Crippen LogP contribution in [0.3, 0.4) is 0 Å². The maximum Gasteiger partial charge on any atom is 0.129 e. The molecule has 1 aromatic rings. The minimum absolute atomic E-state index is 0.293. The Balaban J connectivity index is 3.03. The molecule has 1 N–H and O–H groups in total. The van der Waals surface area contributed by atoms with Crippen molar-refractivity contribution < 1.29 is 14.2 Å². The van der Waals surface area contributed by atoms with Crippen LogP contribution in [-0.4, -0.2) is 12.2 Å². The molecule has 0 spiro atoms. The van der Waals surface area contributed by atoms with Gasteiger partial charge in [-0.1, -0.05) is 6.92 Å². The summed E-state index contributed by atoms with van der Waals surface area (Å²) in [5.41, 5.74) is 0.293. The molecule has 0 aromatic heterocycles. The Morgan fingerprint density at radius 2 is 2.23 bits per heavy atom. The van der Waals surface area contributed by atoms with Crippen LogP contribution in [0.4, 0.5) is 4.39 Å². The molecule has 3 heteroatoms. The largest absolute Gasteiger partial charge is 0.497 e. The molecule has 0 amide bonds. The summed E-state index contributed by atoms with van der Waals surface area (Å²) in [5, 5.41) is 9.43. The Kier molecular flexibility index (Phi) is 3.25. The highest BCUT2D eigenvalue weighted by molar-refractivity contribution is 5.31. The first-order valence-corrected chi connectivity index (χ1v) is 4.20. The molecule has 1 aromatic carbocycles. The van der Waals surface area contributed by atoms with E-state index in [0.29, 0.717) is 17.7 Å². The lowest BCUT2D eigenvalue weighted by Gasteiger charge is -2.10. The summed E-state index contributed by atoms with van der Waals surface area (Å²) in [5.74, 6) is 0.166. The maximum atomic E-state index is 13.1. The van der Waals surface area contributed by atoms with Gasteiger partial charge in [-0.3, -0.25) is 0 Å². The first-order valence-electron chi connectivity index (χ1n) is 4.20. The highest BCUT2D eigenvalue weighted by Crippen LogP contribution is 2.24. The fourth-order valence-corrected chi connectivity index (χ4v) is 1.12. The minimum Gasteiger partial charge on any atom is -0.497 e. The SMILES string of the molecule is CCC(O)c1cc(OC)ccc1F. The highest BCUT2D eigenvalue weighted by Gasteiger charge is 2.11. The molecule has 0 radical (unpaired) electrons. The van der Waals surface area contributed by atoms with E-state index < -0.39 is 11.9 Å². The van der Waals surface area contributed by atoms with Crippen LogP contribution in [-0.2, 0) is 0 Å². The van der Waals surface area contributed by atoms with E-state index in [1.54, 1.807) is 6.92 Å². The minimum atomic E-state index is -0.755. The number of rotatable bonds is 3. The standard InChI is InChI=1S/C10H13FO2/c1-3-10(12)8-6-7(13-2)4-5-9(8)11/h4-6,10,12H,3H2,1-2H3. The van der Waals surface area contributed by atoms with Crippen molar-refractivity contribution in [2.75, 3.05) is 7.11 Å². The van der Waals surface area contributed by atoms with Crippen LogP contribution in [0.5, 0.6) is 5.75 Å². The molecule has 0 fully saturated rings. The van der Waals surface area contributed by atoms with Gasteiger partial charge in [0.25, 0.3) is 0 Å². The zero-order valence-electron chi connectivity index (χ0n) is 7.75. The Morgan fingerprint density at radius 3 is 2.77 bits per heavy atom. The van der Waals surface area contributed by atoms with Crippen molar-refractivity contribution in [2.24, 2.45) is 0 Å². The zero-order valence-corrected chi connectivity index (χ0v) is 7.75. The van der Waals surface area contributed by atoms with Crippen molar-refractivity contribution in [3.05, 3.63) is 29.6 Å². The molecule has 0 aliphatic rings. The molecule has 0 bridgehead atoms. The van der Waals surface area contributed by atoms with Gasteiger partial charge >= 0.3 is 0 Å². The summed E-state index contributed by atoms with van der Waals surface area (Å²) >= 11 is 0. The van der Waals surface area contributed by atoms with E-state index in [1.807, 2.05) is 0 Å². The van der Waals surface area contributed by atoms with Crippen LogP contribution in [0.15, 0.2) is 18.2 Å². The number of hydrogen-bond donors (Lipinski definition) is 1. The summed E-state index contributed by atoms with van der Waals surface area (Å²) < 4.78 is 18.1.